The van der Waals surface area contributed by atoms with E-state index in [0.29, 0.717) is 23.8 Å². The standard InChI is InChI=1S/C20H27N9O/c1-6-16(30)24-15-10-28(8-13(15)4)20-25-18(23-14-7-22-27(5)9-14)17-19(26-20)29(11-21-17)12(2)3/h6-7,9,11-13,15H,1,8,10H2,2-5H3,(H,24,30)(H,23,25,26)/t13-,15-/m1/s1. The molecular weight excluding hydrogens is 382 g/mol. The largest absolute Gasteiger partial charge is 0.348 e. The summed E-state index contributed by atoms with van der Waals surface area (Å²) >= 11 is 0. The van der Waals surface area contributed by atoms with Crippen LogP contribution >= 0.6 is 0 Å². The van der Waals surface area contributed by atoms with Crippen molar-refractivity contribution in [2.45, 2.75) is 32.9 Å². The van der Waals surface area contributed by atoms with Crippen LogP contribution in [0.15, 0.2) is 31.4 Å². The van der Waals surface area contributed by atoms with E-state index < -0.39 is 0 Å². The van der Waals surface area contributed by atoms with Crippen molar-refractivity contribution < 1.29 is 4.79 Å². The Hall–Kier alpha value is -3.43. The molecule has 10 nitrogen and oxygen atoms in total. The van der Waals surface area contributed by atoms with Crippen molar-refractivity contribution >= 4 is 34.5 Å². The monoisotopic (exact) mass is 409 g/mol. The molecule has 158 valence electrons. The highest BCUT2D eigenvalue weighted by atomic mass is 16.1. The van der Waals surface area contributed by atoms with E-state index in [1.807, 2.05) is 17.8 Å². The smallest absolute Gasteiger partial charge is 0.243 e. The molecular formula is C20H27N9O. The summed E-state index contributed by atoms with van der Waals surface area (Å²) in [5, 5.41) is 10.5. The molecule has 30 heavy (non-hydrogen) atoms. The molecule has 4 rings (SSSR count). The number of imidazole rings is 1. The molecule has 2 N–H and O–H groups in total. The van der Waals surface area contributed by atoms with Crippen molar-refractivity contribution in [3.63, 3.8) is 0 Å². The van der Waals surface area contributed by atoms with Gasteiger partial charge in [-0.15, -0.1) is 0 Å². The van der Waals surface area contributed by atoms with Crippen LogP contribution < -0.4 is 15.5 Å². The zero-order valence-electron chi connectivity index (χ0n) is 17.7. The van der Waals surface area contributed by atoms with Gasteiger partial charge in [0.1, 0.15) is 0 Å². The van der Waals surface area contributed by atoms with E-state index in [0.717, 1.165) is 17.9 Å². The van der Waals surface area contributed by atoms with Crippen molar-refractivity contribution in [1.29, 1.82) is 0 Å². The summed E-state index contributed by atoms with van der Waals surface area (Å²) in [6, 6.07) is 0.223. The SMILES string of the molecule is C=CC(=O)N[C@@H]1CN(c2nc(Nc3cnn(C)c3)c3ncn(C(C)C)c3n2)C[C@H]1C. The maximum Gasteiger partial charge on any atom is 0.243 e. The highest BCUT2D eigenvalue weighted by Gasteiger charge is 2.32. The average molecular weight is 409 g/mol. The van der Waals surface area contributed by atoms with Gasteiger partial charge >= 0.3 is 0 Å². The Morgan fingerprint density at radius 2 is 2.13 bits per heavy atom. The Bertz CT molecular complexity index is 1080. The number of anilines is 3. The molecule has 0 aromatic carbocycles. The lowest BCUT2D eigenvalue weighted by Crippen LogP contribution is -2.39. The molecule has 10 heteroatoms. The minimum atomic E-state index is -0.165. The zero-order chi connectivity index (χ0) is 21.4. The Balaban J connectivity index is 1.71. The third-order valence-electron chi connectivity index (χ3n) is 5.34. The van der Waals surface area contributed by atoms with Gasteiger partial charge < -0.3 is 20.1 Å². The van der Waals surface area contributed by atoms with Gasteiger partial charge in [-0.1, -0.05) is 13.5 Å². The van der Waals surface area contributed by atoms with Gasteiger partial charge in [0.25, 0.3) is 0 Å². The second-order valence-electron chi connectivity index (χ2n) is 8.02. The summed E-state index contributed by atoms with van der Waals surface area (Å²) in [6.45, 7) is 11.2. The van der Waals surface area contributed by atoms with E-state index in [1.165, 1.54) is 6.08 Å². The first-order chi connectivity index (χ1) is 14.4. The molecule has 1 saturated heterocycles. The van der Waals surface area contributed by atoms with Gasteiger partial charge in [0.05, 0.1) is 24.3 Å². The fraction of sp³-hybridized carbons (Fsp3) is 0.450. The summed E-state index contributed by atoms with van der Waals surface area (Å²) in [5.41, 5.74) is 2.31. The molecule has 0 radical (unpaired) electrons. The number of fused-ring (bicyclic) bond motifs is 1. The van der Waals surface area contributed by atoms with Crippen molar-refractivity contribution in [3.05, 3.63) is 31.4 Å². The van der Waals surface area contributed by atoms with Crippen LogP contribution in [0.1, 0.15) is 26.8 Å². The summed E-state index contributed by atoms with van der Waals surface area (Å²) in [7, 11) is 1.86. The molecule has 0 spiro atoms. The van der Waals surface area contributed by atoms with Crippen LogP contribution in [0.3, 0.4) is 0 Å². The third-order valence-corrected chi connectivity index (χ3v) is 5.34. The molecule has 1 fully saturated rings. The van der Waals surface area contributed by atoms with Crippen LogP contribution in [0.2, 0.25) is 0 Å². The fourth-order valence-electron chi connectivity index (χ4n) is 3.69. The van der Waals surface area contributed by atoms with Gasteiger partial charge in [-0.2, -0.15) is 15.1 Å². The molecule has 1 amide bonds. The normalized spacial score (nSPS) is 18.9. The third kappa shape index (κ3) is 3.72. The number of carbonyl (C=O) groups excluding carboxylic acids is 1. The molecule has 4 heterocycles. The Morgan fingerprint density at radius 1 is 1.33 bits per heavy atom. The van der Waals surface area contributed by atoms with Gasteiger partial charge in [-0.25, -0.2) is 4.98 Å². The minimum absolute atomic E-state index is 0.0135. The van der Waals surface area contributed by atoms with E-state index in [9.17, 15) is 4.79 Å². The molecule has 0 unspecified atom stereocenters. The quantitative estimate of drug-likeness (QED) is 0.600. The van der Waals surface area contributed by atoms with E-state index in [2.05, 4.69) is 53.0 Å². The lowest BCUT2D eigenvalue weighted by molar-refractivity contribution is -0.117. The predicted octanol–water partition coefficient (Wildman–Crippen LogP) is 2.01. The molecule has 0 saturated carbocycles. The predicted molar refractivity (Wildman–Crippen MR) is 116 cm³/mol. The summed E-state index contributed by atoms with van der Waals surface area (Å²) in [6.07, 6.45) is 6.72. The number of hydrogen-bond acceptors (Lipinski definition) is 7. The Kier molecular flexibility index (Phi) is 5.15. The van der Waals surface area contributed by atoms with Crippen LogP contribution in [0.5, 0.6) is 0 Å². The number of nitrogens with zero attached hydrogens (tertiary/aromatic N) is 7. The van der Waals surface area contributed by atoms with Crippen molar-refractivity contribution in [2.24, 2.45) is 13.0 Å². The summed E-state index contributed by atoms with van der Waals surface area (Å²) in [4.78, 5) is 28.0. The van der Waals surface area contributed by atoms with Crippen molar-refractivity contribution in [2.75, 3.05) is 23.3 Å². The summed E-state index contributed by atoms with van der Waals surface area (Å²) in [5.74, 6) is 1.34. The van der Waals surface area contributed by atoms with E-state index in [4.69, 9.17) is 9.97 Å². The highest BCUT2D eigenvalue weighted by Crippen LogP contribution is 2.29. The first-order valence-corrected chi connectivity index (χ1v) is 10.0. The number of rotatable bonds is 6. The van der Waals surface area contributed by atoms with Gasteiger partial charge in [-0.05, 0) is 25.8 Å². The molecule has 1 aliphatic heterocycles. The fourth-order valence-corrected chi connectivity index (χ4v) is 3.69. The first kappa shape index (κ1) is 19.9. The number of aryl methyl sites for hydroxylation is 1. The molecule has 0 bridgehead atoms. The topological polar surface area (TPSA) is 106 Å². The second-order valence-corrected chi connectivity index (χ2v) is 8.02. The van der Waals surface area contributed by atoms with E-state index in [-0.39, 0.29) is 23.9 Å². The van der Waals surface area contributed by atoms with Gasteiger partial charge in [0, 0.05) is 32.4 Å². The number of hydrogen-bond donors (Lipinski definition) is 2. The first-order valence-electron chi connectivity index (χ1n) is 10.0. The lowest BCUT2D eigenvalue weighted by Gasteiger charge is -2.18. The summed E-state index contributed by atoms with van der Waals surface area (Å²) < 4.78 is 3.76. The van der Waals surface area contributed by atoms with Crippen molar-refractivity contribution in [3.8, 4) is 0 Å². The number of nitrogens with one attached hydrogen (secondary N) is 2. The van der Waals surface area contributed by atoms with Gasteiger partial charge in [-0.3, -0.25) is 9.48 Å². The average Bonchev–Trinajstić information content (AvgIpc) is 3.40. The number of carbonyl (C=O) groups is 1. The second kappa shape index (κ2) is 7.77. The van der Waals surface area contributed by atoms with Crippen LogP contribution in [0, 0.1) is 5.92 Å². The molecule has 1 aliphatic rings. The molecule has 3 aromatic heterocycles. The van der Waals surface area contributed by atoms with Gasteiger partial charge in [0.15, 0.2) is 17.0 Å². The zero-order valence-corrected chi connectivity index (χ0v) is 17.7. The number of amides is 1. The maximum absolute atomic E-state index is 11.8. The minimum Gasteiger partial charge on any atom is -0.348 e. The van der Waals surface area contributed by atoms with Gasteiger partial charge in [0.2, 0.25) is 11.9 Å². The van der Waals surface area contributed by atoms with Crippen LogP contribution in [0.25, 0.3) is 11.2 Å². The van der Waals surface area contributed by atoms with Crippen molar-refractivity contribution in [1.82, 2.24) is 34.6 Å². The molecule has 2 atom stereocenters. The van der Waals surface area contributed by atoms with E-state index in [1.54, 1.807) is 17.2 Å². The number of aromatic nitrogens is 6. The highest BCUT2D eigenvalue weighted by molar-refractivity contribution is 5.87. The maximum atomic E-state index is 11.8. The van der Waals surface area contributed by atoms with E-state index >= 15 is 0 Å². The molecule has 0 aliphatic carbocycles. The Morgan fingerprint density at radius 3 is 2.80 bits per heavy atom. The lowest BCUT2D eigenvalue weighted by atomic mass is 10.1. The Labute approximate surface area is 175 Å². The van der Waals surface area contributed by atoms with Crippen LogP contribution in [-0.2, 0) is 11.8 Å². The van der Waals surface area contributed by atoms with Crippen LogP contribution in [0.4, 0.5) is 17.5 Å². The van der Waals surface area contributed by atoms with Crippen LogP contribution in [-0.4, -0.2) is 54.3 Å². The molecule has 3 aromatic rings.